The average molecular weight is 376 g/mol. The van der Waals surface area contributed by atoms with E-state index in [1.54, 1.807) is 22.5 Å². The molecule has 1 saturated heterocycles. The fourth-order valence-corrected chi connectivity index (χ4v) is 5.11. The van der Waals surface area contributed by atoms with Gasteiger partial charge in [0.2, 0.25) is 10.0 Å². The highest BCUT2D eigenvalue weighted by molar-refractivity contribution is 9.09. The molecule has 0 radical (unpaired) electrons. The van der Waals surface area contributed by atoms with Crippen molar-refractivity contribution in [1.29, 1.82) is 0 Å². The number of rotatable bonds is 2. The van der Waals surface area contributed by atoms with Gasteiger partial charge in [0.15, 0.2) is 0 Å². The Balaban J connectivity index is 1.98. The molecule has 0 amide bonds. The van der Waals surface area contributed by atoms with Gasteiger partial charge in [-0.1, -0.05) is 28.9 Å². The molecule has 108 valence electrons. The van der Waals surface area contributed by atoms with E-state index in [9.17, 15) is 8.42 Å². The normalized spacial score (nSPS) is 26.3. The van der Waals surface area contributed by atoms with Crippen LogP contribution in [0.15, 0.2) is 31.8 Å². The minimum atomic E-state index is -3.50. The molecule has 2 aliphatic heterocycles. The molecule has 8 heteroatoms. The van der Waals surface area contributed by atoms with Crippen LogP contribution in [0, 0.1) is 5.92 Å². The number of alkyl halides is 1. The smallest absolute Gasteiger partial charge is 0.207 e. The third-order valence-electron chi connectivity index (χ3n) is 3.63. The zero-order valence-corrected chi connectivity index (χ0v) is 14.1. The van der Waals surface area contributed by atoms with E-state index < -0.39 is 10.0 Å². The highest BCUT2D eigenvalue weighted by Gasteiger charge is 2.34. The maximum atomic E-state index is 12.8. The van der Waals surface area contributed by atoms with Crippen LogP contribution in [0.25, 0.3) is 0 Å². The van der Waals surface area contributed by atoms with Crippen molar-refractivity contribution in [3.63, 3.8) is 0 Å². The van der Waals surface area contributed by atoms with Crippen molar-refractivity contribution in [3.8, 4) is 0 Å². The maximum Gasteiger partial charge on any atom is 0.245 e. The first-order chi connectivity index (χ1) is 9.50. The molecule has 0 bridgehead atoms. The van der Waals surface area contributed by atoms with E-state index >= 15 is 0 Å². The van der Waals surface area contributed by atoms with Crippen molar-refractivity contribution in [1.82, 2.24) is 4.31 Å². The molecule has 1 aromatic carbocycles. The second-order valence-electron chi connectivity index (χ2n) is 5.03. The molecule has 2 heterocycles. The van der Waals surface area contributed by atoms with Gasteiger partial charge in [0, 0.05) is 17.9 Å². The van der Waals surface area contributed by atoms with Gasteiger partial charge in [-0.15, -0.1) is 0 Å². The predicted octanol–water partition coefficient (Wildman–Crippen LogP) is 3.21. The molecule has 20 heavy (non-hydrogen) atoms. The van der Waals surface area contributed by atoms with E-state index in [0.717, 1.165) is 17.8 Å². The summed E-state index contributed by atoms with van der Waals surface area (Å²) < 4.78 is 35.4. The van der Waals surface area contributed by atoms with E-state index in [1.165, 1.54) is 0 Å². The lowest BCUT2D eigenvalue weighted by molar-refractivity contribution is 0.292. The number of halogens is 1. The van der Waals surface area contributed by atoms with Gasteiger partial charge >= 0.3 is 0 Å². The van der Waals surface area contributed by atoms with E-state index in [-0.39, 0.29) is 4.90 Å². The molecule has 0 N–H and O–H groups in total. The summed E-state index contributed by atoms with van der Waals surface area (Å²) in [7, 11) is -3.50. The molecule has 0 aromatic heterocycles. The predicted molar refractivity (Wildman–Crippen MR) is 83.2 cm³/mol. The Morgan fingerprint density at radius 3 is 2.95 bits per heavy atom. The summed E-state index contributed by atoms with van der Waals surface area (Å²) in [4.78, 5) is 0.648. The number of benzene rings is 1. The lowest BCUT2D eigenvalue weighted by atomic mass is 10.0. The Labute approximate surface area is 130 Å². The van der Waals surface area contributed by atoms with Crippen molar-refractivity contribution >= 4 is 48.7 Å². The van der Waals surface area contributed by atoms with Gasteiger partial charge in [-0.25, -0.2) is 8.42 Å². The Morgan fingerprint density at radius 2 is 2.20 bits per heavy atom. The zero-order valence-electron chi connectivity index (χ0n) is 10.9. The van der Waals surface area contributed by atoms with Gasteiger partial charge in [-0.3, -0.25) is 0 Å². The molecule has 2 atom stereocenters. The second-order valence-corrected chi connectivity index (χ2v) is 8.64. The van der Waals surface area contributed by atoms with Crippen molar-refractivity contribution in [2.75, 3.05) is 13.1 Å². The molecule has 0 aliphatic carbocycles. The Kier molecular flexibility index (Phi) is 3.83. The quantitative estimate of drug-likeness (QED) is 0.756. The fraction of sp³-hybridized carbons (Fsp3) is 0.500. The summed E-state index contributed by atoms with van der Waals surface area (Å²) in [5, 5.41) is 0. The van der Waals surface area contributed by atoms with Crippen molar-refractivity contribution in [2.24, 2.45) is 14.6 Å². The minimum absolute atomic E-state index is 0.268. The highest BCUT2D eigenvalue weighted by Crippen LogP contribution is 2.39. The van der Waals surface area contributed by atoms with Gasteiger partial charge in [0.1, 0.15) is 16.3 Å². The molecule has 2 unspecified atom stereocenters. The molecule has 1 fully saturated rings. The topological polar surface area (TPSA) is 62.1 Å². The summed E-state index contributed by atoms with van der Waals surface area (Å²) in [6.07, 6.45) is 0.825. The van der Waals surface area contributed by atoms with Crippen LogP contribution >= 0.6 is 15.9 Å². The summed E-state index contributed by atoms with van der Waals surface area (Å²) in [6, 6.07) is 5.12. The number of nitrogens with zero attached hydrogens (tertiary/aromatic N) is 3. The molecule has 0 spiro atoms. The van der Waals surface area contributed by atoms with E-state index in [0.29, 0.717) is 35.2 Å². The zero-order chi connectivity index (χ0) is 14.3. The van der Waals surface area contributed by atoms with Crippen LogP contribution in [0.5, 0.6) is 0 Å². The molecule has 3 rings (SSSR count). The van der Waals surface area contributed by atoms with Crippen LogP contribution in [-0.2, 0) is 21.4 Å². The Bertz CT molecular complexity index is 713. The number of hydrogen-bond acceptors (Lipinski definition) is 4. The third-order valence-corrected chi connectivity index (χ3v) is 7.43. The van der Waals surface area contributed by atoms with Crippen molar-refractivity contribution in [3.05, 3.63) is 18.2 Å². The summed E-state index contributed by atoms with van der Waals surface area (Å²) in [6.45, 7) is 3.13. The highest BCUT2D eigenvalue weighted by atomic mass is 79.9. The first-order valence-corrected chi connectivity index (χ1v) is 9.44. The average Bonchev–Trinajstić information content (AvgIpc) is 2.89. The summed E-state index contributed by atoms with van der Waals surface area (Å²) in [5.41, 5.74) is 1.12. The SMILES string of the molecule is CC1CN(S(=O)(=O)c2cccc3c2N=S=N3)CCC1Br. The van der Waals surface area contributed by atoms with Gasteiger partial charge < -0.3 is 0 Å². The van der Waals surface area contributed by atoms with Crippen molar-refractivity contribution in [2.45, 2.75) is 23.1 Å². The molecule has 2 aliphatic rings. The van der Waals surface area contributed by atoms with E-state index in [4.69, 9.17) is 0 Å². The molecular weight excluding hydrogens is 362 g/mol. The molecule has 0 saturated carbocycles. The van der Waals surface area contributed by atoms with Crippen LogP contribution < -0.4 is 0 Å². The standard InChI is InChI=1S/C12H14BrN3O2S2/c1-8-7-16(6-5-9(8)13)20(17,18)11-4-2-3-10-12(11)15-19-14-10/h2-4,8-9H,5-7H2,1H3. The Morgan fingerprint density at radius 1 is 1.40 bits per heavy atom. The lowest BCUT2D eigenvalue weighted by Gasteiger charge is -2.33. The molecule has 1 aromatic rings. The minimum Gasteiger partial charge on any atom is -0.207 e. The number of hydrogen-bond donors (Lipinski definition) is 0. The van der Waals surface area contributed by atoms with Gasteiger partial charge in [0.05, 0.1) is 11.4 Å². The van der Waals surface area contributed by atoms with Crippen LogP contribution in [0.1, 0.15) is 13.3 Å². The lowest BCUT2D eigenvalue weighted by Crippen LogP contribution is -2.43. The summed E-state index contributed by atoms with van der Waals surface area (Å²) >= 11 is 4.64. The first kappa shape index (κ1) is 14.4. The number of fused-ring (bicyclic) bond motifs is 1. The second kappa shape index (κ2) is 5.32. The Hall–Kier alpha value is -0.570. The van der Waals surface area contributed by atoms with E-state index in [2.05, 4.69) is 31.6 Å². The summed E-state index contributed by atoms with van der Waals surface area (Å²) in [5.74, 6) is 0.297. The number of sulfonamides is 1. The fourth-order valence-electron chi connectivity index (χ4n) is 2.43. The molecule has 5 nitrogen and oxygen atoms in total. The monoisotopic (exact) mass is 375 g/mol. The molecular formula is C12H14BrN3O2S2. The van der Waals surface area contributed by atoms with E-state index in [1.807, 2.05) is 0 Å². The van der Waals surface area contributed by atoms with Crippen LogP contribution in [0.4, 0.5) is 11.4 Å². The maximum absolute atomic E-state index is 12.8. The van der Waals surface area contributed by atoms with Crippen molar-refractivity contribution < 1.29 is 8.42 Å². The third kappa shape index (κ3) is 2.38. The van der Waals surface area contributed by atoms with Crippen LogP contribution in [-0.4, -0.2) is 30.6 Å². The van der Waals surface area contributed by atoms with Gasteiger partial charge in [0.25, 0.3) is 0 Å². The first-order valence-electron chi connectivity index (χ1n) is 6.35. The van der Waals surface area contributed by atoms with Crippen LogP contribution in [0.3, 0.4) is 0 Å². The van der Waals surface area contributed by atoms with Gasteiger partial charge in [-0.2, -0.15) is 13.0 Å². The van der Waals surface area contributed by atoms with Crippen LogP contribution in [0.2, 0.25) is 0 Å². The van der Waals surface area contributed by atoms with Gasteiger partial charge in [-0.05, 0) is 24.5 Å². The number of piperidine rings is 1. The largest absolute Gasteiger partial charge is 0.245 e.